The number of nitrogens with zero attached hydrogens (tertiary/aromatic N) is 4. The van der Waals surface area contributed by atoms with Crippen LogP contribution in [-0.2, 0) is 0 Å². The van der Waals surface area contributed by atoms with Crippen LogP contribution in [0.2, 0.25) is 5.02 Å². The first-order chi connectivity index (χ1) is 13.4. The average molecular weight is 455 g/mol. The van der Waals surface area contributed by atoms with Gasteiger partial charge in [0.15, 0.2) is 5.13 Å². The Labute approximate surface area is 183 Å². The number of nitro groups is 1. The standard InChI is InChI=1S/C19H19ClN4O3S.ClH/c1-22(2)10-5-11-23(18(25)14-6-3-4-7-16(14)24(26)27)19-21-15-9-8-13(20)12-17(15)28-19;/h3-4,6-9,12H,5,10-11H2,1-2H3;1H. The maximum atomic E-state index is 13.2. The third-order valence-electron chi connectivity index (χ3n) is 4.13. The van der Waals surface area contributed by atoms with Crippen molar-refractivity contribution in [1.29, 1.82) is 0 Å². The number of fused-ring (bicyclic) bond motifs is 1. The molecule has 2 aromatic carbocycles. The lowest BCUT2D eigenvalue weighted by Crippen LogP contribution is -2.33. The Hall–Kier alpha value is -2.26. The number of benzene rings is 2. The largest absolute Gasteiger partial charge is 0.309 e. The highest BCUT2D eigenvalue weighted by Gasteiger charge is 2.27. The molecule has 0 bridgehead atoms. The number of aromatic nitrogens is 1. The van der Waals surface area contributed by atoms with Gasteiger partial charge in [0.25, 0.3) is 11.6 Å². The molecule has 10 heteroatoms. The van der Waals surface area contributed by atoms with Crippen LogP contribution in [0.4, 0.5) is 10.8 Å². The van der Waals surface area contributed by atoms with Gasteiger partial charge in [0.05, 0.1) is 15.1 Å². The van der Waals surface area contributed by atoms with Gasteiger partial charge in [0, 0.05) is 17.6 Å². The molecule has 0 atom stereocenters. The predicted octanol–water partition coefficient (Wildman–Crippen LogP) is 4.88. The van der Waals surface area contributed by atoms with Crippen molar-refractivity contribution in [2.75, 3.05) is 32.1 Å². The van der Waals surface area contributed by atoms with E-state index < -0.39 is 10.8 Å². The molecular weight excluding hydrogens is 435 g/mol. The number of amides is 1. The quantitative estimate of drug-likeness (QED) is 0.375. The van der Waals surface area contributed by atoms with Gasteiger partial charge in [0.1, 0.15) is 5.56 Å². The molecule has 0 aliphatic heterocycles. The molecule has 7 nitrogen and oxygen atoms in total. The van der Waals surface area contributed by atoms with Crippen molar-refractivity contribution in [3.63, 3.8) is 0 Å². The molecule has 1 aromatic heterocycles. The number of halogens is 2. The molecule has 0 spiro atoms. The van der Waals surface area contributed by atoms with Crippen molar-refractivity contribution in [3.05, 3.63) is 63.2 Å². The maximum Gasteiger partial charge on any atom is 0.282 e. The van der Waals surface area contributed by atoms with Gasteiger partial charge >= 0.3 is 0 Å². The van der Waals surface area contributed by atoms with Crippen LogP contribution >= 0.6 is 35.3 Å². The lowest BCUT2D eigenvalue weighted by Gasteiger charge is -2.21. The van der Waals surface area contributed by atoms with Crippen LogP contribution in [0.3, 0.4) is 0 Å². The molecule has 0 aliphatic rings. The molecule has 0 aliphatic carbocycles. The third kappa shape index (κ3) is 5.42. The smallest absolute Gasteiger partial charge is 0.282 e. The highest BCUT2D eigenvalue weighted by molar-refractivity contribution is 7.22. The van der Waals surface area contributed by atoms with Crippen molar-refractivity contribution >= 4 is 62.3 Å². The molecule has 0 saturated carbocycles. The third-order valence-corrected chi connectivity index (χ3v) is 5.41. The molecule has 29 heavy (non-hydrogen) atoms. The molecule has 0 N–H and O–H groups in total. The van der Waals surface area contributed by atoms with Crippen LogP contribution in [-0.4, -0.2) is 47.9 Å². The number of hydrogen-bond acceptors (Lipinski definition) is 6. The van der Waals surface area contributed by atoms with Gasteiger partial charge in [-0.1, -0.05) is 35.1 Å². The summed E-state index contributed by atoms with van der Waals surface area (Å²) in [5.41, 5.74) is 0.571. The summed E-state index contributed by atoms with van der Waals surface area (Å²) in [6, 6.07) is 11.3. The van der Waals surface area contributed by atoms with E-state index in [1.807, 2.05) is 19.0 Å². The van der Waals surface area contributed by atoms with Crippen molar-refractivity contribution in [2.45, 2.75) is 6.42 Å². The van der Waals surface area contributed by atoms with Crippen LogP contribution in [0.25, 0.3) is 10.2 Å². The van der Waals surface area contributed by atoms with E-state index in [-0.39, 0.29) is 23.7 Å². The Kier molecular flexibility index (Phi) is 7.92. The summed E-state index contributed by atoms with van der Waals surface area (Å²) in [6.07, 6.45) is 0.704. The summed E-state index contributed by atoms with van der Waals surface area (Å²) in [6.45, 7) is 1.17. The van der Waals surface area contributed by atoms with Gasteiger partial charge < -0.3 is 4.90 Å². The van der Waals surface area contributed by atoms with Crippen LogP contribution in [0.5, 0.6) is 0 Å². The molecule has 0 fully saturated rings. The lowest BCUT2D eigenvalue weighted by atomic mass is 10.1. The zero-order valence-corrected chi connectivity index (χ0v) is 18.3. The van der Waals surface area contributed by atoms with E-state index in [4.69, 9.17) is 11.6 Å². The Morgan fingerprint density at radius 2 is 1.93 bits per heavy atom. The summed E-state index contributed by atoms with van der Waals surface area (Å²) in [5.74, 6) is -0.434. The van der Waals surface area contributed by atoms with E-state index in [1.54, 1.807) is 30.3 Å². The number of para-hydroxylation sites is 1. The highest BCUT2D eigenvalue weighted by Crippen LogP contribution is 2.32. The Balaban J connectivity index is 0.00000300. The average Bonchev–Trinajstić information content (AvgIpc) is 3.07. The predicted molar refractivity (Wildman–Crippen MR) is 120 cm³/mol. The lowest BCUT2D eigenvalue weighted by molar-refractivity contribution is -0.385. The minimum absolute atomic E-state index is 0. The molecule has 154 valence electrons. The zero-order chi connectivity index (χ0) is 20.3. The van der Waals surface area contributed by atoms with Crippen LogP contribution < -0.4 is 4.90 Å². The van der Waals surface area contributed by atoms with E-state index in [0.29, 0.717) is 23.1 Å². The number of hydrogen-bond donors (Lipinski definition) is 0. The second kappa shape index (κ2) is 9.98. The summed E-state index contributed by atoms with van der Waals surface area (Å²) < 4.78 is 0.857. The van der Waals surface area contributed by atoms with Gasteiger partial charge in [-0.3, -0.25) is 19.8 Å². The minimum atomic E-state index is -0.538. The summed E-state index contributed by atoms with van der Waals surface area (Å²) >= 11 is 7.40. The molecule has 0 radical (unpaired) electrons. The van der Waals surface area contributed by atoms with Crippen LogP contribution in [0, 0.1) is 10.1 Å². The van der Waals surface area contributed by atoms with E-state index in [1.165, 1.54) is 28.4 Å². The van der Waals surface area contributed by atoms with Gasteiger partial charge in [-0.15, -0.1) is 12.4 Å². The summed E-state index contributed by atoms with van der Waals surface area (Å²) in [4.78, 5) is 32.2. The van der Waals surface area contributed by atoms with Crippen LogP contribution in [0.15, 0.2) is 42.5 Å². The highest BCUT2D eigenvalue weighted by atomic mass is 35.5. The van der Waals surface area contributed by atoms with E-state index >= 15 is 0 Å². The van der Waals surface area contributed by atoms with Crippen molar-refractivity contribution in [1.82, 2.24) is 9.88 Å². The number of rotatable bonds is 7. The SMILES string of the molecule is CN(C)CCCN(C(=O)c1ccccc1[N+](=O)[O-])c1nc2ccc(Cl)cc2s1.Cl. The monoisotopic (exact) mass is 454 g/mol. The maximum absolute atomic E-state index is 13.2. The fourth-order valence-corrected chi connectivity index (χ4v) is 4.06. The molecular formula is C19H20Cl2N4O3S. The summed E-state index contributed by atoms with van der Waals surface area (Å²) in [7, 11) is 3.90. The number of anilines is 1. The minimum Gasteiger partial charge on any atom is -0.309 e. The zero-order valence-electron chi connectivity index (χ0n) is 15.9. The van der Waals surface area contributed by atoms with E-state index in [2.05, 4.69) is 4.98 Å². The van der Waals surface area contributed by atoms with Crippen molar-refractivity contribution in [3.8, 4) is 0 Å². The van der Waals surface area contributed by atoms with Gasteiger partial charge in [0.2, 0.25) is 0 Å². The second-order valence-electron chi connectivity index (χ2n) is 6.50. The number of nitro benzene ring substituents is 1. The van der Waals surface area contributed by atoms with Gasteiger partial charge in [-0.05, 0) is 51.3 Å². The molecule has 1 amide bonds. The topological polar surface area (TPSA) is 79.6 Å². The molecule has 0 saturated heterocycles. The van der Waals surface area contributed by atoms with Crippen molar-refractivity contribution < 1.29 is 9.72 Å². The molecule has 0 unspecified atom stereocenters. The first kappa shape index (κ1) is 23.0. The molecule has 3 aromatic rings. The van der Waals surface area contributed by atoms with Crippen LogP contribution in [0.1, 0.15) is 16.8 Å². The second-order valence-corrected chi connectivity index (χ2v) is 7.94. The fourth-order valence-electron chi connectivity index (χ4n) is 2.79. The fraction of sp³-hybridized carbons (Fsp3) is 0.263. The Bertz CT molecular complexity index is 1030. The molecule has 1 heterocycles. The van der Waals surface area contributed by atoms with Crippen molar-refractivity contribution in [2.24, 2.45) is 0 Å². The van der Waals surface area contributed by atoms with E-state index in [9.17, 15) is 14.9 Å². The molecule has 3 rings (SSSR count). The number of thiazole rings is 1. The number of carbonyl (C=O) groups is 1. The van der Waals surface area contributed by atoms with E-state index in [0.717, 1.165) is 16.8 Å². The van der Waals surface area contributed by atoms with Gasteiger partial charge in [-0.2, -0.15) is 0 Å². The summed E-state index contributed by atoms with van der Waals surface area (Å²) in [5, 5.41) is 12.5. The van der Waals surface area contributed by atoms with Gasteiger partial charge in [-0.25, -0.2) is 4.98 Å². The Morgan fingerprint density at radius 1 is 1.21 bits per heavy atom. The number of carbonyl (C=O) groups excluding carboxylic acids is 1. The first-order valence-corrected chi connectivity index (χ1v) is 9.82. The Morgan fingerprint density at radius 3 is 2.62 bits per heavy atom. The normalized spacial score (nSPS) is 10.8. The first-order valence-electron chi connectivity index (χ1n) is 8.63.